The number of esters is 1. The van der Waals surface area contributed by atoms with E-state index in [4.69, 9.17) is 4.74 Å². The molecule has 1 heterocycles. The molecule has 3 nitrogen and oxygen atoms in total. The summed E-state index contributed by atoms with van der Waals surface area (Å²) in [6.07, 6.45) is 3.86. The number of methoxy groups -OCH3 is 1. The van der Waals surface area contributed by atoms with Gasteiger partial charge in [0.15, 0.2) is 0 Å². The van der Waals surface area contributed by atoms with E-state index >= 15 is 0 Å². The van der Waals surface area contributed by atoms with Gasteiger partial charge in [-0.15, -0.1) is 12.4 Å². The van der Waals surface area contributed by atoms with Gasteiger partial charge in [-0.05, 0) is 32.4 Å². The maximum atomic E-state index is 11.6. The van der Waals surface area contributed by atoms with E-state index in [1.165, 1.54) is 7.11 Å². The standard InChI is InChI=1S/C10H19NO2.ClH/c1-3-4-10(9(12)13-2)5-7-11-8-6-10;/h11H,3-8H2,1-2H3;1H. The summed E-state index contributed by atoms with van der Waals surface area (Å²) in [6, 6.07) is 0. The number of hydrogen-bond acceptors (Lipinski definition) is 3. The van der Waals surface area contributed by atoms with E-state index in [2.05, 4.69) is 12.2 Å². The molecule has 1 fully saturated rings. The second-order valence-corrected chi connectivity index (χ2v) is 3.77. The molecular formula is C10H20ClNO2. The smallest absolute Gasteiger partial charge is 0.311 e. The molecule has 1 saturated heterocycles. The molecule has 0 unspecified atom stereocenters. The first-order valence-corrected chi connectivity index (χ1v) is 5.04. The van der Waals surface area contributed by atoms with Gasteiger partial charge < -0.3 is 10.1 Å². The fourth-order valence-electron chi connectivity index (χ4n) is 2.16. The molecule has 0 spiro atoms. The van der Waals surface area contributed by atoms with Gasteiger partial charge in [0.2, 0.25) is 0 Å². The van der Waals surface area contributed by atoms with E-state index in [0.29, 0.717) is 0 Å². The summed E-state index contributed by atoms with van der Waals surface area (Å²) in [5.41, 5.74) is -0.186. The molecule has 0 aromatic rings. The predicted molar refractivity (Wildman–Crippen MR) is 58.7 cm³/mol. The van der Waals surface area contributed by atoms with Crippen molar-refractivity contribution < 1.29 is 9.53 Å². The van der Waals surface area contributed by atoms with E-state index < -0.39 is 0 Å². The van der Waals surface area contributed by atoms with Crippen LogP contribution in [0.3, 0.4) is 0 Å². The largest absolute Gasteiger partial charge is 0.469 e. The van der Waals surface area contributed by atoms with Crippen LogP contribution in [0.4, 0.5) is 0 Å². The van der Waals surface area contributed by atoms with Crippen molar-refractivity contribution in [2.24, 2.45) is 5.41 Å². The average molecular weight is 222 g/mol. The lowest BCUT2D eigenvalue weighted by atomic mass is 9.75. The Morgan fingerprint density at radius 2 is 2.00 bits per heavy atom. The molecule has 0 amide bonds. The van der Waals surface area contributed by atoms with Crippen LogP contribution in [-0.2, 0) is 9.53 Å². The third kappa shape index (κ3) is 2.85. The molecule has 1 aliphatic heterocycles. The number of hydrogen-bond donors (Lipinski definition) is 1. The molecule has 0 aromatic carbocycles. The topological polar surface area (TPSA) is 38.3 Å². The van der Waals surface area contributed by atoms with E-state index in [1.54, 1.807) is 0 Å². The monoisotopic (exact) mass is 221 g/mol. The highest BCUT2D eigenvalue weighted by Crippen LogP contribution is 2.35. The molecule has 0 bridgehead atoms. The van der Waals surface area contributed by atoms with E-state index in [1.807, 2.05) is 0 Å². The lowest BCUT2D eigenvalue weighted by molar-refractivity contribution is -0.155. The highest BCUT2D eigenvalue weighted by Gasteiger charge is 2.39. The first-order valence-electron chi connectivity index (χ1n) is 5.04. The number of rotatable bonds is 3. The van der Waals surface area contributed by atoms with Crippen LogP contribution in [0.25, 0.3) is 0 Å². The Morgan fingerprint density at radius 3 is 2.43 bits per heavy atom. The zero-order valence-electron chi connectivity index (χ0n) is 8.97. The van der Waals surface area contributed by atoms with Crippen molar-refractivity contribution in [3.05, 3.63) is 0 Å². The number of ether oxygens (including phenoxy) is 1. The Morgan fingerprint density at radius 1 is 1.43 bits per heavy atom. The van der Waals surface area contributed by atoms with Crippen molar-refractivity contribution >= 4 is 18.4 Å². The van der Waals surface area contributed by atoms with Gasteiger partial charge in [0.05, 0.1) is 12.5 Å². The molecule has 0 aliphatic carbocycles. The summed E-state index contributed by atoms with van der Waals surface area (Å²) < 4.78 is 4.88. The van der Waals surface area contributed by atoms with Gasteiger partial charge in [0, 0.05) is 0 Å². The van der Waals surface area contributed by atoms with Gasteiger partial charge in [0.25, 0.3) is 0 Å². The molecule has 1 aliphatic rings. The Hall–Kier alpha value is -0.280. The molecular weight excluding hydrogens is 202 g/mol. The Balaban J connectivity index is 0.00000169. The molecule has 0 radical (unpaired) electrons. The van der Waals surface area contributed by atoms with E-state index in [0.717, 1.165) is 38.8 Å². The first-order chi connectivity index (χ1) is 6.25. The third-order valence-corrected chi connectivity index (χ3v) is 2.91. The minimum atomic E-state index is -0.186. The minimum Gasteiger partial charge on any atom is -0.469 e. The number of halogens is 1. The van der Waals surface area contributed by atoms with E-state index in [9.17, 15) is 4.79 Å². The Kier molecular flexibility index (Phi) is 6.12. The van der Waals surface area contributed by atoms with Crippen LogP contribution >= 0.6 is 12.4 Å². The molecule has 14 heavy (non-hydrogen) atoms. The summed E-state index contributed by atoms with van der Waals surface area (Å²) in [5.74, 6) is -0.0177. The van der Waals surface area contributed by atoms with Crippen molar-refractivity contribution in [3.8, 4) is 0 Å². The minimum absolute atomic E-state index is 0. The second kappa shape index (κ2) is 6.25. The Bertz CT molecular complexity index is 173. The van der Waals surface area contributed by atoms with Crippen molar-refractivity contribution in [3.63, 3.8) is 0 Å². The summed E-state index contributed by atoms with van der Waals surface area (Å²) in [6.45, 7) is 4.00. The van der Waals surface area contributed by atoms with Crippen LogP contribution in [0, 0.1) is 5.41 Å². The SMILES string of the molecule is CCCC1(C(=O)OC)CCNCC1.Cl. The fraction of sp³-hybridized carbons (Fsp3) is 0.900. The maximum absolute atomic E-state index is 11.6. The fourth-order valence-corrected chi connectivity index (χ4v) is 2.16. The van der Waals surface area contributed by atoms with Crippen LogP contribution in [0.5, 0.6) is 0 Å². The quantitative estimate of drug-likeness (QED) is 0.738. The first kappa shape index (κ1) is 13.7. The molecule has 84 valence electrons. The third-order valence-electron chi connectivity index (χ3n) is 2.91. The highest BCUT2D eigenvalue weighted by molar-refractivity contribution is 5.85. The normalized spacial score (nSPS) is 19.6. The molecule has 4 heteroatoms. The van der Waals surface area contributed by atoms with Gasteiger partial charge in [-0.3, -0.25) is 4.79 Å². The van der Waals surface area contributed by atoms with Crippen LogP contribution in [0.1, 0.15) is 32.6 Å². The lowest BCUT2D eigenvalue weighted by Crippen LogP contribution is -2.42. The molecule has 1 N–H and O–H groups in total. The zero-order valence-corrected chi connectivity index (χ0v) is 9.78. The molecule has 1 rings (SSSR count). The van der Waals surface area contributed by atoms with Crippen LogP contribution in [-0.4, -0.2) is 26.2 Å². The van der Waals surface area contributed by atoms with Crippen molar-refractivity contribution in [1.29, 1.82) is 0 Å². The Labute approximate surface area is 92.0 Å². The van der Waals surface area contributed by atoms with Gasteiger partial charge in [-0.1, -0.05) is 13.3 Å². The van der Waals surface area contributed by atoms with Crippen LogP contribution in [0.2, 0.25) is 0 Å². The van der Waals surface area contributed by atoms with Gasteiger partial charge in [-0.25, -0.2) is 0 Å². The number of carbonyl (C=O) groups is 1. The predicted octanol–water partition coefficient (Wildman–Crippen LogP) is 1.75. The van der Waals surface area contributed by atoms with Gasteiger partial charge in [-0.2, -0.15) is 0 Å². The zero-order chi connectivity index (χ0) is 9.73. The number of nitrogens with one attached hydrogen (secondary N) is 1. The average Bonchev–Trinajstić information content (AvgIpc) is 2.18. The molecule has 0 atom stereocenters. The summed E-state index contributed by atoms with van der Waals surface area (Å²) in [7, 11) is 1.49. The number of piperidine rings is 1. The second-order valence-electron chi connectivity index (χ2n) is 3.77. The van der Waals surface area contributed by atoms with Crippen LogP contribution in [0.15, 0.2) is 0 Å². The maximum Gasteiger partial charge on any atom is 0.311 e. The van der Waals surface area contributed by atoms with E-state index in [-0.39, 0.29) is 23.8 Å². The van der Waals surface area contributed by atoms with Crippen molar-refractivity contribution in [2.75, 3.05) is 20.2 Å². The van der Waals surface area contributed by atoms with Crippen molar-refractivity contribution in [2.45, 2.75) is 32.6 Å². The highest BCUT2D eigenvalue weighted by atomic mass is 35.5. The van der Waals surface area contributed by atoms with Crippen molar-refractivity contribution in [1.82, 2.24) is 5.32 Å². The van der Waals surface area contributed by atoms with Crippen LogP contribution < -0.4 is 5.32 Å². The summed E-state index contributed by atoms with van der Waals surface area (Å²) in [4.78, 5) is 11.6. The number of carbonyl (C=O) groups excluding carboxylic acids is 1. The van der Waals surface area contributed by atoms with Gasteiger partial charge >= 0.3 is 5.97 Å². The van der Waals surface area contributed by atoms with Gasteiger partial charge in [0.1, 0.15) is 0 Å². The molecule has 0 saturated carbocycles. The molecule has 0 aromatic heterocycles. The summed E-state index contributed by atoms with van der Waals surface area (Å²) >= 11 is 0. The summed E-state index contributed by atoms with van der Waals surface area (Å²) in [5, 5.41) is 3.27. The lowest BCUT2D eigenvalue weighted by Gasteiger charge is -2.34.